The van der Waals surface area contributed by atoms with Crippen LogP contribution < -0.4 is 10.5 Å². The Labute approximate surface area is 135 Å². The molecular weight excluding hydrogens is 358 g/mol. The molecule has 0 amide bonds. The van der Waals surface area contributed by atoms with Crippen molar-refractivity contribution in [1.82, 2.24) is 0 Å². The molecular formula is C15H13BrClNO3. The Hall–Kier alpha value is -1.72. The number of rotatable bonds is 4. The summed E-state index contributed by atoms with van der Waals surface area (Å²) in [6.45, 7) is 2.01. The van der Waals surface area contributed by atoms with Crippen LogP contribution in [0.1, 0.15) is 17.3 Å². The molecule has 2 aromatic rings. The third-order valence-electron chi connectivity index (χ3n) is 2.61. The zero-order valence-electron chi connectivity index (χ0n) is 11.2. The van der Waals surface area contributed by atoms with Gasteiger partial charge in [-0.2, -0.15) is 0 Å². The first-order valence-electron chi connectivity index (χ1n) is 6.20. The largest absolute Gasteiger partial charge is 0.462 e. The molecule has 4 nitrogen and oxygen atoms in total. The fourth-order valence-electron chi connectivity index (χ4n) is 1.68. The van der Waals surface area contributed by atoms with E-state index in [9.17, 15) is 4.79 Å². The monoisotopic (exact) mass is 369 g/mol. The number of hydrogen-bond acceptors (Lipinski definition) is 4. The van der Waals surface area contributed by atoms with Crippen molar-refractivity contribution in [2.75, 3.05) is 12.3 Å². The van der Waals surface area contributed by atoms with Crippen LogP contribution in [0.2, 0.25) is 5.02 Å². The Morgan fingerprint density at radius 2 is 1.95 bits per heavy atom. The van der Waals surface area contributed by atoms with Gasteiger partial charge in [-0.1, -0.05) is 11.6 Å². The van der Waals surface area contributed by atoms with E-state index in [-0.39, 0.29) is 12.2 Å². The maximum absolute atomic E-state index is 12.0. The number of hydrogen-bond donors (Lipinski definition) is 1. The molecule has 0 saturated heterocycles. The average Bonchev–Trinajstić information content (AvgIpc) is 2.43. The number of carbonyl (C=O) groups excluding carboxylic acids is 1. The molecule has 0 saturated carbocycles. The van der Waals surface area contributed by atoms with E-state index in [2.05, 4.69) is 15.9 Å². The fraction of sp³-hybridized carbons (Fsp3) is 0.133. The van der Waals surface area contributed by atoms with Crippen molar-refractivity contribution in [2.24, 2.45) is 0 Å². The van der Waals surface area contributed by atoms with E-state index in [1.807, 2.05) is 0 Å². The van der Waals surface area contributed by atoms with Crippen molar-refractivity contribution in [1.29, 1.82) is 0 Å². The summed E-state index contributed by atoms with van der Waals surface area (Å²) in [6.07, 6.45) is 0. The molecule has 0 fully saturated rings. The van der Waals surface area contributed by atoms with Gasteiger partial charge in [-0.05, 0) is 59.3 Å². The van der Waals surface area contributed by atoms with Gasteiger partial charge in [0.15, 0.2) is 0 Å². The second-order valence-electron chi connectivity index (χ2n) is 4.15. The number of carbonyl (C=O) groups is 1. The minimum Gasteiger partial charge on any atom is -0.462 e. The normalized spacial score (nSPS) is 10.2. The van der Waals surface area contributed by atoms with Gasteiger partial charge >= 0.3 is 5.97 Å². The minimum atomic E-state index is -0.482. The first kappa shape index (κ1) is 15.7. The Morgan fingerprint density at radius 3 is 2.62 bits per heavy atom. The fourth-order valence-corrected chi connectivity index (χ4v) is 2.45. The van der Waals surface area contributed by atoms with Crippen LogP contribution in [0, 0.1) is 0 Å². The number of benzene rings is 2. The van der Waals surface area contributed by atoms with E-state index >= 15 is 0 Å². The lowest BCUT2D eigenvalue weighted by Crippen LogP contribution is -2.07. The van der Waals surface area contributed by atoms with Crippen molar-refractivity contribution in [3.05, 3.63) is 51.5 Å². The lowest BCUT2D eigenvalue weighted by atomic mass is 10.2. The highest BCUT2D eigenvalue weighted by atomic mass is 79.9. The van der Waals surface area contributed by atoms with Crippen molar-refractivity contribution < 1.29 is 14.3 Å². The molecule has 2 rings (SSSR count). The van der Waals surface area contributed by atoms with Crippen molar-refractivity contribution in [2.45, 2.75) is 6.92 Å². The highest BCUT2D eigenvalue weighted by Gasteiger charge is 2.16. The molecule has 21 heavy (non-hydrogen) atoms. The molecule has 0 unspecified atom stereocenters. The molecule has 0 aliphatic rings. The van der Waals surface area contributed by atoms with E-state index in [0.29, 0.717) is 26.7 Å². The van der Waals surface area contributed by atoms with Gasteiger partial charge < -0.3 is 15.2 Å². The molecule has 0 spiro atoms. The smallest absolute Gasteiger partial charge is 0.342 e. The topological polar surface area (TPSA) is 61.5 Å². The summed E-state index contributed by atoms with van der Waals surface area (Å²) in [5, 5.41) is 0.581. The SMILES string of the molecule is CCOC(=O)c1cc(N)ccc1Oc1ccc(Cl)cc1Br. The summed E-state index contributed by atoms with van der Waals surface area (Å²) in [5.74, 6) is 0.422. The average molecular weight is 371 g/mol. The zero-order valence-corrected chi connectivity index (χ0v) is 13.6. The standard InChI is InChI=1S/C15H13BrClNO3/c1-2-20-15(19)11-8-10(18)4-6-13(11)21-14-5-3-9(17)7-12(14)16/h3-8H,2,18H2,1H3. The Bertz CT molecular complexity index is 676. The molecule has 0 radical (unpaired) electrons. The summed E-state index contributed by atoms with van der Waals surface area (Å²) >= 11 is 9.25. The van der Waals surface area contributed by atoms with E-state index in [4.69, 9.17) is 26.8 Å². The maximum Gasteiger partial charge on any atom is 0.342 e. The molecule has 0 aliphatic heterocycles. The van der Waals surface area contributed by atoms with Gasteiger partial charge in [-0.3, -0.25) is 0 Å². The van der Waals surface area contributed by atoms with Crippen molar-refractivity contribution in [3.8, 4) is 11.5 Å². The van der Waals surface area contributed by atoms with Crippen LogP contribution in [0.5, 0.6) is 11.5 Å². The number of nitrogen functional groups attached to an aromatic ring is 1. The maximum atomic E-state index is 12.0. The third kappa shape index (κ3) is 3.89. The Balaban J connectivity index is 2.37. The highest BCUT2D eigenvalue weighted by Crippen LogP contribution is 2.34. The molecule has 0 aromatic heterocycles. The van der Waals surface area contributed by atoms with Crippen LogP contribution in [0.3, 0.4) is 0 Å². The van der Waals surface area contributed by atoms with Crippen LogP contribution in [-0.2, 0) is 4.74 Å². The van der Waals surface area contributed by atoms with E-state index in [0.717, 1.165) is 0 Å². The van der Waals surface area contributed by atoms with Gasteiger partial charge in [0.05, 0.1) is 11.1 Å². The number of nitrogens with two attached hydrogens (primary N) is 1. The summed E-state index contributed by atoms with van der Waals surface area (Å²) in [4.78, 5) is 12.0. The predicted molar refractivity (Wildman–Crippen MR) is 86.0 cm³/mol. The van der Waals surface area contributed by atoms with Gasteiger partial charge in [0.2, 0.25) is 0 Å². The van der Waals surface area contributed by atoms with E-state index in [1.165, 1.54) is 6.07 Å². The first-order chi connectivity index (χ1) is 10.0. The van der Waals surface area contributed by atoms with E-state index in [1.54, 1.807) is 37.3 Å². The van der Waals surface area contributed by atoms with E-state index < -0.39 is 5.97 Å². The van der Waals surface area contributed by atoms with Gasteiger partial charge in [0.25, 0.3) is 0 Å². The summed E-state index contributed by atoms with van der Waals surface area (Å²) < 4.78 is 11.4. The summed E-state index contributed by atoms with van der Waals surface area (Å²) in [5.41, 5.74) is 6.45. The molecule has 0 aliphatic carbocycles. The number of esters is 1. The summed E-state index contributed by atoms with van der Waals surface area (Å²) in [6, 6.07) is 9.92. The molecule has 0 bridgehead atoms. The lowest BCUT2D eigenvalue weighted by molar-refractivity contribution is 0.0523. The second-order valence-corrected chi connectivity index (χ2v) is 5.44. The Kier molecular flexibility index (Phi) is 5.09. The third-order valence-corrected chi connectivity index (χ3v) is 3.47. The van der Waals surface area contributed by atoms with Gasteiger partial charge in [0, 0.05) is 10.7 Å². The van der Waals surface area contributed by atoms with Gasteiger partial charge in [-0.25, -0.2) is 4.79 Å². The number of halogens is 2. The van der Waals surface area contributed by atoms with Crippen LogP contribution >= 0.6 is 27.5 Å². The highest BCUT2D eigenvalue weighted by molar-refractivity contribution is 9.10. The number of ether oxygens (including phenoxy) is 2. The molecule has 0 atom stereocenters. The summed E-state index contributed by atoms with van der Waals surface area (Å²) in [7, 11) is 0. The lowest BCUT2D eigenvalue weighted by Gasteiger charge is -2.12. The van der Waals surface area contributed by atoms with Crippen molar-refractivity contribution >= 4 is 39.2 Å². The molecule has 110 valence electrons. The molecule has 2 aromatic carbocycles. The second kappa shape index (κ2) is 6.83. The first-order valence-corrected chi connectivity index (χ1v) is 7.38. The predicted octanol–water partition coefficient (Wildman–Crippen LogP) is 4.65. The molecule has 2 N–H and O–H groups in total. The minimum absolute atomic E-state index is 0.276. The number of anilines is 1. The molecule has 0 heterocycles. The van der Waals surface area contributed by atoms with Gasteiger partial charge in [0.1, 0.15) is 17.1 Å². The van der Waals surface area contributed by atoms with Crippen molar-refractivity contribution in [3.63, 3.8) is 0 Å². The van der Waals surface area contributed by atoms with Crippen LogP contribution in [0.15, 0.2) is 40.9 Å². The van der Waals surface area contributed by atoms with Crippen LogP contribution in [0.25, 0.3) is 0 Å². The van der Waals surface area contributed by atoms with Gasteiger partial charge in [-0.15, -0.1) is 0 Å². The van der Waals surface area contributed by atoms with Crippen LogP contribution in [0.4, 0.5) is 5.69 Å². The molecule has 6 heteroatoms. The Morgan fingerprint density at radius 1 is 1.24 bits per heavy atom. The quantitative estimate of drug-likeness (QED) is 0.628. The van der Waals surface area contributed by atoms with Crippen LogP contribution in [-0.4, -0.2) is 12.6 Å². The zero-order chi connectivity index (χ0) is 15.4.